The Morgan fingerprint density at radius 1 is 1.20 bits per heavy atom. The summed E-state index contributed by atoms with van der Waals surface area (Å²) in [5, 5.41) is 0. The van der Waals surface area contributed by atoms with Gasteiger partial charge in [-0.1, -0.05) is 0 Å². The topological polar surface area (TPSA) is 53.5 Å². The van der Waals surface area contributed by atoms with Crippen LogP contribution in [-0.4, -0.2) is 27.0 Å². The molecule has 1 unspecified atom stereocenters. The van der Waals surface area contributed by atoms with Crippen LogP contribution in [0.3, 0.4) is 0 Å². The molecule has 0 bridgehead atoms. The molecule has 0 aromatic rings. The molecule has 0 aromatic heterocycles. The van der Waals surface area contributed by atoms with E-state index >= 15 is 0 Å². The number of hydrogen-bond acceptors (Lipinski definition) is 3. The Hall–Kier alpha value is 1.54. The molecule has 0 spiro atoms. The number of rotatable bonds is 5. The van der Waals surface area contributed by atoms with E-state index in [0.717, 1.165) is 12.8 Å². The molecule has 1 aliphatic rings. The van der Waals surface area contributed by atoms with E-state index < -0.39 is 14.3 Å². The molecule has 1 atom stereocenters. The average molecular weight is 395 g/mol. The van der Waals surface area contributed by atoms with Crippen molar-refractivity contribution in [2.75, 3.05) is 6.61 Å². The van der Waals surface area contributed by atoms with Gasteiger partial charge in [0, 0.05) is 0 Å². The van der Waals surface area contributed by atoms with Crippen LogP contribution in [0.4, 0.5) is 0 Å². The Morgan fingerprint density at radius 2 is 1.87 bits per heavy atom. The fourth-order valence-electron chi connectivity index (χ4n) is 1.38. The number of unbranched alkanes of at least 4 members (excludes halogenated alkanes) is 3. The Labute approximate surface area is 105 Å². The zero-order chi connectivity index (χ0) is 10.7. The van der Waals surface area contributed by atoms with E-state index in [-0.39, 0.29) is 12.3 Å². The van der Waals surface area contributed by atoms with Crippen molar-refractivity contribution < 1.29 is 6.20 Å². The molecule has 3 N–H and O–H groups in total. The molecular formula is C8H19Cl3NO2Te. The largest absolute Gasteiger partial charge is 0.344 e. The molecule has 0 aliphatic carbocycles. The summed E-state index contributed by atoms with van der Waals surface area (Å²) in [4.78, 5) is 0. The van der Waals surface area contributed by atoms with Gasteiger partial charge < -0.3 is 6.15 Å². The fraction of sp³-hybridized carbons (Fsp3) is 1.00. The summed E-state index contributed by atoms with van der Waals surface area (Å²) in [6.07, 6.45) is 5.75. The molecule has 7 heteroatoms. The van der Waals surface area contributed by atoms with Crippen LogP contribution in [0, 0.1) is 0 Å². The Balaban J connectivity index is 0.00000196. The van der Waals surface area contributed by atoms with Gasteiger partial charge >= 0.3 is 99.1 Å². The van der Waals surface area contributed by atoms with Gasteiger partial charge in [-0.05, 0) is 0 Å². The molecule has 15 heavy (non-hydrogen) atoms. The van der Waals surface area contributed by atoms with Crippen molar-refractivity contribution >= 4 is 41.2 Å². The smallest absolute Gasteiger partial charge is 0.344 e. The molecule has 95 valence electrons. The van der Waals surface area contributed by atoms with Crippen LogP contribution in [0.25, 0.3) is 0 Å². The normalized spacial score (nSPS) is 30.1. The third-order valence-electron chi connectivity index (χ3n) is 2.10. The summed E-state index contributed by atoms with van der Waals surface area (Å²) < 4.78 is 10.5. The van der Waals surface area contributed by atoms with Crippen molar-refractivity contribution in [3.63, 3.8) is 0 Å². The predicted molar refractivity (Wildman–Crippen MR) is 67.9 cm³/mol. The summed E-state index contributed by atoms with van der Waals surface area (Å²) in [6.45, 7) is 2.63. The zero-order valence-corrected chi connectivity index (χ0v) is 13.5. The van der Waals surface area contributed by atoms with E-state index in [0.29, 0.717) is 6.61 Å². The third-order valence-corrected chi connectivity index (χ3v) is 8.41. The van der Waals surface area contributed by atoms with E-state index in [1.165, 1.54) is 19.3 Å². The summed E-state index contributed by atoms with van der Waals surface area (Å²) >= 11 is -4.38. The van der Waals surface area contributed by atoms with Crippen molar-refractivity contribution in [3.8, 4) is 0 Å². The van der Waals surface area contributed by atoms with E-state index in [2.05, 4.69) is 6.92 Å². The fourth-order valence-corrected chi connectivity index (χ4v) is 7.30. The summed E-state index contributed by atoms with van der Waals surface area (Å²) in [6, 6.07) is 0. The molecule has 0 aromatic carbocycles. The van der Waals surface area contributed by atoms with Crippen LogP contribution in [0.2, 0.25) is 0 Å². The standard InChI is InChI=1S/C8H16Cl3O2Te.H3N/c1-2-3-4-5-6-8-7-12-14(9,10,11)13-8;/h8H,2-7H2,1H3;1H3. The Bertz CT molecular complexity index is 198. The second-order valence-electron chi connectivity index (χ2n) is 3.47. The molecule has 1 rings (SSSR count). The molecule has 1 fully saturated rings. The summed E-state index contributed by atoms with van der Waals surface area (Å²) in [5.41, 5.74) is 0. The second-order valence-corrected chi connectivity index (χ2v) is 22.7. The van der Waals surface area contributed by atoms with Crippen LogP contribution in [0.5, 0.6) is 0 Å². The molecule has 1 saturated heterocycles. The van der Waals surface area contributed by atoms with Crippen LogP contribution in [0.15, 0.2) is 0 Å². The molecule has 0 saturated carbocycles. The Kier molecular flexibility index (Phi) is 7.13. The van der Waals surface area contributed by atoms with E-state index in [4.69, 9.17) is 33.1 Å². The number of hydrogen-bond donors (Lipinski definition) is 1. The van der Waals surface area contributed by atoms with Crippen LogP contribution in [0.1, 0.15) is 39.0 Å². The summed E-state index contributed by atoms with van der Waals surface area (Å²) in [5.74, 6) is 0. The van der Waals surface area contributed by atoms with E-state index in [1.54, 1.807) is 0 Å². The van der Waals surface area contributed by atoms with Gasteiger partial charge in [0.1, 0.15) is 0 Å². The minimum atomic E-state index is -4.38. The van der Waals surface area contributed by atoms with Crippen LogP contribution < -0.4 is 6.15 Å². The first-order chi connectivity index (χ1) is 6.41. The van der Waals surface area contributed by atoms with Gasteiger partial charge in [-0.3, -0.25) is 0 Å². The SMILES string of the molecule is CCCCCCC1CO[Te](Cl)(Cl)(Cl)O1.N. The number of halogens is 3. The monoisotopic (exact) mass is 396 g/mol. The van der Waals surface area contributed by atoms with Gasteiger partial charge in [-0.25, -0.2) is 0 Å². The van der Waals surface area contributed by atoms with E-state index in [1.807, 2.05) is 0 Å². The molecule has 3 nitrogen and oxygen atoms in total. The first-order valence-electron chi connectivity index (χ1n) is 4.84. The maximum Gasteiger partial charge on any atom is -0.344 e. The van der Waals surface area contributed by atoms with Crippen molar-refractivity contribution in [2.24, 2.45) is 0 Å². The quantitative estimate of drug-likeness (QED) is 0.563. The average Bonchev–Trinajstić information content (AvgIpc) is 2.35. The van der Waals surface area contributed by atoms with Crippen molar-refractivity contribution in [2.45, 2.75) is 45.1 Å². The van der Waals surface area contributed by atoms with Crippen molar-refractivity contribution in [1.29, 1.82) is 0 Å². The van der Waals surface area contributed by atoms with Gasteiger partial charge in [0.05, 0.1) is 0 Å². The maximum atomic E-state index is 5.84. The molecule has 1 aliphatic heterocycles. The van der Waals surface area contributed by atoms with Gasteiger partial charge in [0.2, 0.25) is 0 Å². The van der Waals surface area contributed by atoms with Crippen molar-refractivity contribution in [1.82, 2.24) is 6.15 Å². The minimum Gasteiger partial charge on any atom is -0.344 e. The molecule has 0 amide bonds. The van der Waals surface area contributed by atoms with Gasteiger partial charge in [-0.15, -0.1) is 0 Å². The molecule has 1 radical (unpaired) electrons. The van der Waals surface area contributed by atoms with Crippen molar-refractivity contribution in [3.05, 3.63) is 0 Å². The molecular weight excluding hydrogens is 376 g/mol. The maximum absolute atomic E-state index is 5.84. The summed E-state index contributed by atoms with van der Waals surface area (Å²) in [7, 11) is 17.5. The zero-order valence-electron chi connectivity index (χ0n) is 8.89. The Morgan fingerprint density at radius 3 is 2.33 bits per heavy atom. The first-order valence-corrected chi connectivity index (χ1v) is 15.6. The first kappa shape index (κ1) is 16.5. The minimum absolute atomic E-state index is 0. The predicted octanol–water partition coefficient (Wildman–Crippen LogP) is 4.14. The molecule has 1 heterocycles. The van der Waals surface area contributed by atoms with Gasteiger partial charge in [-0.2, -0.15) is 0 Å². The third kappa shape index (κ3) is 6.75. The van der Waals surface area contributed by atoms with Crippen LogP contribution in [-0.2, 0) is 6.20 Å². The van der Waals surface area contributed by atoms with Gasteiger partial charge in [0.15, 0.2) is 0 Å². The van der Waals surface area contributed by atoms with E-state index in [9.17, 15) is 0 Å². The second kappa shape index (κ2) is 6.47. The van der Waals surface area contributed by atoms with Crippen LogP contribution >= 0.6 is 26.9 Å². The van der Waals surface area contributed by atoms with Gasteiger partial charge in [0.25, 0.3) is 0 Å².